The second-order valence-corrected chi connectivity index (χ2v) is 4.69. The first kappa shape index (κ1) is 10.5. The molecular formula is C14H11NOS. The lowest BCUT2D eigenvalue weighted by Gasteiger charge is -2.03. The Morgan fingerprint density at radius 3 is 2.76 bits per heavy atom. The fourth-order valence-electron chi connectivity index (χ4n) is 1.97. The Labute approximate surface area is 104 Å². The average molecular weight is 241 g/mol. The molecule has 2 N–H and O–H groups in total. The summed E-state index contributed by atoms with van der Waals surface area (Å²) in [4.78, 5) is 0. The number of aliphatic hydroxyl groups excluding tert-OH is 1. The van der Waals surface area contributed by atoms with Gasteiger partial charge in [-0.05, 0) is 17.0 Å². The molecule has 1 aliphatic rings. The van der Waals surface area contributed by atoms with Crippen molar-refractivity contribution in [3.05, 3.63) is 57.8 Å². The summed E-state index contributed by atoms with van der Waals surface area (Å²) < 4.78 is 0. The van der Waals surface area contributed by atoms with Crippen LogP contribution in [0.3, 0.4) is 0 Å². The summed E-state index contributed by atoms with van der Waals surface area (Å²) in [5.74, 6) is 6.27. The molecule has 2 heterocycles. The Morgan fingerprint density at radius 1 is 1.18 bits per heavy atom. The van der Waals surface area contributed by atoms with Crippen LogP contribution in [0.15, 0.2) is 41.1 Å². The summed E-state index contributed by atoms with van der Waals surface area (Å²) in [6, 6.07) is 9.75. The Morgan fingerprint density at radius 2 is 2.00 bits per heavy atom. The van der Waals surface area contributed by atoms with Crippen LogP contribution in [0.2, 0.25) is 0 Å². The van der Waals surface area contributed by atoms with E-state index in [-0.39, 0.29) is 6.04 Å². The van der Waals surface area contributed by atoms with Crippen LogP contribution >= 0.6 is 11.3 Å². The monoisotopic (exact) mass is 241 g/mol. The molecule has 1 aromatic carbocycles. The standard InChI is InChI=1S/C14H11NOS/c16-14-12-4-2-1-3-11(12)13(15-14)6-5-10-7-8-17-9-10/h1-4,7-9,13-16H. The summed E-state index contributed by atoms with van der Waals surface area (Å²) in [6.07, 6.45) is -0.604. The molecule has 0 saturated heterocycles. The molecule has 0 saturated carbocycles. The van der Waals surface area contributed by atoms with Crippen LogP contribution in [0.1, 0.15) is 29.0 Å². The predicted octanol–water partition coefficient (Wildman–Crippen LogP) is 2.44. The van der Waals surface area contributed by atoms with E-state index in [2.05, 4.69) is 17.2 Å². The third kappa shape index (κ3) is 1.98. The van der Waals surface area contributed by atoms with Crippen LogP contribution in [-0.2, 0) is 0 Å². The summed E-state index contributed by atoms with van der Waals surface area (Å²) in [5, 5.41) is 16.9. The third-order valence-corrected chi connectivity index (χ3v) is 3.49. The third-order valence-electron chi connectivity index (χ3n) is 2.81. The SMILES string of the molecule is OC1NC(C#Cc2ccsc2)c2ccccc21. The van der Waals surface area contributed by atoms with Crippen molar-refractivity contribution in [3.8, 4) is 11.8 Å². The highest BCUT2D eigenvalue weighted by Gasteiger charge is 2.26. The van der Waals surface area contributed by atoms with E-state index in [4.69, 9.17) is 0 Å². The molecule has 0 fully saturated rings. The zero-order chi connectivity index (χ0) is 11.7. The Hall–Kier alpha value is -1.60. The number of rotatable bonds is 0. The largest absolute Gasteiger partial charge is 0.374 e. The minimum absolute atomic E-state index is 0.0823. The van der Waals surface area contributed by atoms with Crippen molar-refractivity contribution in [1.29, 1.82) is 0 Å². The molecule has 0 spiro atoms. The van der Waals surface area contributed by atoms with Crippen LogP contribution in [-0.4, -0.2) is 5.11 Å². The number of benzene rings is 1. The van der Waals surface area contributed by atoms with Gasteiger partial charge in [-0.25, -0.2) is 0 Å². The van der Waals surface area contributed by atoms with Crippen molar-refractivity contribution >= 4 is 11.3 Å². The van der Waals surface area contributed by atoms with E-state index >= 15 is 0 Å². The lowest BCUT2D eigenvalue weighted by atomic mass is 10.0. The van der Waals surface area contributed by atoms with Crippen LogP contribution in [0.5, 0.6) is 0 Å². The van der Waals surface area contributed by atoms with Crippen molar-refractivity contribution in [1.82, 2.24) is 5.32 Å². The van der Waals surface area contributed by atoms with Gasteiger partial charge in [-0.1, -0.05) is 36.1 Å². The molecular weight excluding hydrogens is 230 g/mol. The van der Waals surface area contributed by atoms with Gasteiger partial charge in [0.05, 0.1) is 6.04 Å². The van der Waals surface area contributed by atoms with Gasteiger partial charge in [-0.3, -0.25) is 5.32 Å². The molecule has 0 radical (unpaired) electrons. The van der Waals surface area contributed by atoms with Crippen LogP contribution in [0.4, 0.5) is 0 Å². The molecule has 0 aliphatic carbocycles. The number of hydrogen-bond donors (Lipinski definition) is 2. The van der Waals surface area contributed by atoms with E-state index in [9.17, 15) is 5.11 Å². The number of aliphatic hydroxyl groups is 1. The van der Waals surface area contributed by atoms with Gasteiger partial charge in [-0.2, -0.15) is 11.3 Å². The van der Waals surface area contributed by atoms with Gasteiger partial charge < -0.3 is 5.11 Å². The molecule has 84 valence electrons. The Kier molecular flexibility index (Phi) is 2.69. The van der Waals surface area contributed by atoms with Crippen molar-refractivity contribution < 1.29 is 5.11 Å². The zero-order valence-corrected chi connectivity index (χ0v) is 9.87. The van der Waals surface area contributed by atoms with Crippen molar-refractivity contribution in [2.24, 2.45) is 0 Å². The van der Waals surface area contributed by atoms with Crippen molar-refractivity contribution in [2.75, 3.05) is 0 Å². The highest BCUT2D eigenvalue weighted by molar-refractivity contribution is 7.08. The predicted molar refractivity (Wildman–Crippen MR) is 68.5 cm³/mol. The van der Waals surface area contributed by atoms with Gasteiger partial charge in [0, 0.05) is 16.5 Å². The quantitative estimate of drug-likeness (QED) is 0.694. The number of fused-ring (bicyclic) bond motifs is 1. The molecule has 2 atom stereocenters. The van der Waals surface area contributed by atoms with Gasteiger partial charge in [0.25, 0.3) is 0 Å². The van der Waals surface area contributed by atoms with E-state index in [1.807, 2.05) is 41.1 Å². The smallest absolute Gasteiger partial charge is 0.132 e. The van der Waals surface area contributed by atoms with Crippen LogP contribution in [0, 0.1) is 11.8 Å². The molecule has 17 heavy (non-hydrogen) atoms. The van der Waals surface area contributed by atoms with Crippen LogP contribution in [0.25, 0.3) is 0 Å². The van der Waals surface area contributed by atoms with Gasteiger partial charge in [0.2, 0.25) is 0 Å². The first-order valence-corrected chi connectivity index (χ1v) is 6.35. The Balaban J connectivity index is 1.92. The Bertz CT molecular complexity index is 580. The summed E-state index contributed by atoms with van der Waals surface area (Å²) in [7, 11) is 0. The first-order valence-electron chi connectivity index (χ1n) is 5.41. The summed E-state index contributed by atoms with van der Waals surface area (Å²) in [5.41, 5.74) is 3.02. The first-order chi connectivity index (χ1) is 8.34. The van der Waals surface area contributed by atoms with Crippen LogP contribution < -0.4 is 5.32 Å². The lowest BCUT2D eigenvalue weighted by molar-refractivity contribution is 0.147. The lowest BCUT2D eigenvalue weighted by Crippen LogP contribution is -2.15. The summed E-state index contributed by atoms with van der Waals surface area (Å²) >= 11 is 1.64. The molecule has 1 aliphatic heterocycles. The maximum absolute atomic E-state index is 9.83. The average Bonchev–Trinajstić information content (AvgIpc) is 2.96. The highest BCUT2D eigenvalue weighted by atomic mass is 32.1. The van der Waals surface area contributed by atoms with Crippen molar-refractivity contribution in [3.63, 3.8) is 0 Å². The summed E-state index contributed by atoms with van der Waals surface area (Å²) in [6.45, 7) is 0. The molecule has 2 aromatic rings. The molecule has 2 nitrogen and oxygen atoms in total. The van der Waals surface area contributed by atoms with Gasteiger partial charge in [0.1, 0.15) is 6.23 Å². The maximum Gasteiger partial charge on any atom is 0.132 e. The highest BCUT2D eigenvalue weighted by Crippen LogP contribution is 2.30. The topological polar surface area (TPSA) is 32.3 Å². The minimum atomic E-state index is -0.604. The van der Waals surface area contributed by atoms with E-state index in [0.29, 0.717) is 0 Å². The van der Waals surface area contributed by atoms with E-state index in [0.717, 1.165) is 16.7 Å². The van der Waals surface area contributed by atoms with Gasteiger partial charge >= 0.3 is 0 Å². The van der Waals surface area contributed by atoms with Crippen molar-refractivity contribution in [2.45, 2.75) is 12.3 Å². The normalized spacial score (nSPS) is 21.7. The van der Waals surface area contributed by atoms with Gasteiger partial charge in [0.15, 0.2) is 0 Å². The number of thiophene rings is 1. The minimum Gasteiger partial charge on any atom is -0.374 e. The number of hydrogen-bond acceptors (Lipinski definition) is 3. The fraction of sp³-hybridized carbons (Fsp3) is 0.143. The van der Waals surface area contributed by atoms with E-state index in [1.165, 1.54) is 0 Å². The number of nitrogens with one attached hydrogen (secondary N) is 1. The molecule has 2 unspecified atom stereocenters. The molecule has 3 rings (SSSR count). The van der Waals surface area contributed by atoms with Gasteiger partial charge in [-0.15, -0.1) is 0 Å². The fourth-order valence-corrected chi connectivity index (χ4v) is 2.56. The molecule has 0 bridgehead atoms. The van der Waals surface area contributed by atoms with E-state index < -0.39 is 6.23 Å². The molecule has 3 heteroatoms. The zero-order valence-electron chi connectivity index (χ0n) is 9.05. The second-order valence-electron chi connectivity index (χ2n) is 3.91. The molecule has 0 amide bonds. The second kappa shape index (κ2) is 4.34. The molecule has 1 aromatic heterocycles. The van der Waals surface area contributed by atoms with E-state index in [1.54, 1.807) is 11.3 Å². The maximum atomic E-state index is 9.83.